The Bertz CT molecular complexity index is 102. The molecule has 1 unspecified atom stereocenters. The lowest BCUT2D eigenvalue weighted by molar-refractivity contribution is -0.108. The molecule has 0 aliphatic carbocycles. The average molecular weight is 157 g/mol. The molecule has 66 valence electrons. The van der Waals surface area contributed by atoms with E-state index in [1.807, 2.05) is 0 Å². The van der Waals surface area contributed by atoms with Crippen LogP contribution in [0.4, 0.5) is 0 Å². The third-order valence-corrected chi connectivity index (χ3v) is 1.65. The topological polar surface area (TPSA) is 29.1 Å². The van der Waals surface area contributed by atoms with Crippen molar-refractivity contribution in [3.05, 3.63) is 0 Å². The molecule has 0 bridgehead atoms. The van der Waals surface area contributed by atoms with Crippen LogP contribution in [0.25, 0.3) is 0 Å². The van der Waals surface area contributed by atoms with E-state index in [1.165, 1.54) is 0 Å². The molecule has 11 heavy (non-hydrogen) atoms. The fourth-order valence-corrected chi connectivity index (χ4v) is 0.892. The van der Waals surface area contributed by atoms with Gasteiger partial charge in [-0.3, -0.25) is 0 Å². The maximum atomic E-state index is 10.0. The second kappa shape index (κ2) is 6.35. The Morgan fingerprint density at radius 3 is 2.45 bits per heavy atom. The van der Waals surface area contributed by atoms with Gasteiger partial charge in [-0.25, -0.2) is 0 Å². The van der Waals surface area contributed by atoms with Gasteiger partial charge in [-0.2, -0.15) is 0 Å². The van der Waals surface area contributed by atoms with Crippen molar-refractivity contribution in [2.24, 2.45) is 5.92 Å². The van der Waals surface area contributed by atoms with E-state index in [1.54, 1.807) is 0 Å². The van der Waals surface area contributed by atoms with Crippen molar-refractivity contribution in [1.82, 2.24) is 5.32 Å². The maximum absolute atomic E-state index is 10.0. The van der Waals surface area contributed by atoms with Crippen LogP contribution in [0.3, 0.4) is 0 Å². The summed E-state index contributed by atoms with van der Waals surface area (Å²) >= 11 is 0. The van der Waals surface area contributed by atoms with Gasteiger partial charge in [0.25, 0.3) is 0 Å². The Kier molecular flexibility index (Phi) is 6.13. The molecule has 0 saturated carbocycles. The van der Waals surface area contributed by atoms with Crippen molar-refractivity contribution in [2.45, 2.75) is 39.7 Å². The molecule has 0 heterocycles. The van der Waals surface area contributed by atoms with Crippen LogP contribution in [0, 0.1) is 5.92 Å². The van der Waals surface area contributed by atoms with Gasteiger partial charge in [0.05, 0.1) is 0 Å². The van der Waals surface area contributed by atoms with Gasteiger partial charge in [-0.05, 0) is 18.9 Å². The average Bonchev–Trinajstić information content (AvgIpc) is 1.97. The number of hydrogen-bond acceptors (Lipinski definition) is 2. The molecular formula is C9H19NO. The summed E-state index contributed by atoms with van der Waals surface area (Å²) in [5.74, 6) is 0.614. The third-order valence-electron chi connectivity index (χ3n) is 1.65. The molecule has 0 spiro atoms. The SMILES string of the molecule is CC(CCC=O)CNC(C)C. The van der Waals surface area contributed by atoms with Gasteiger partial charge >= 0.3 is 0 Å². The van der Waals surface area contributed by atoms with Crippen molar-refractivity contribution in [2.75, 3.05) is 6.54 Å². The highest BCUT2D eigenvalue weighted by Crippen LogP contribution is 2.02. The summed E-state index contributed by atoms with van der Waals surface area (Å²) in [5.41, 5.74) is 0. The van der Waals surface area contributed by atoms with Gasteiger partial charge < -0.3 is 10.1 Å². The largest absolute Gasteiger partial charge is 0.314 e. The van der Waals surface area contributed by atoms with Crippen molar-refractivity contribution in [3.63, 3.8) is 0 Å². The van der Waals surface area contributed by atoms with E-state index in [-0.39, 0.29) is 0 Å². The van der Waals surface area contributed by atoms with E-state index in [0.717, 1.165) is 19.3 Å². The first kappa shape index (κ1) is 10.6. The standard InChI is InChI=1S/C9H19NO/c1-8(2)10-7-9(3)5-4-6-11/h6,8-10H,4-5,7H2,1-3H3. The summed E-state index contributed by atoms with van der Waals surface area (Å²) < 4.78 is 0. The normalized spacial score (nSPS) is 13.5. The Hall–Kier alpha value is -0.370. The second-order valence-corrected chi connectivity index (χ2v) is 3.41. The quantitative estimate of drug-likeness (QED) is 0.593. The van der Waals surface area contributed by atoms with E-state index < -0.39 is 0 Å². The Balaban J connectivity index is 3.21. The molecular weight excluding hydrogens is 138 g/mol. The lowest BCUT2D eigenvalue weighted by Crippen LogP contribution is -2.27. The van der Waals surface area contributed by atoms with Crippen LogP contribution in [0.15, 0.2) is 0 Å². The molecule has 0 aliphatic rings. The van der Waals surface area contributed by atoms with Gasteiger partial charge in [0.1, 0.15) is 6.29 Å². The summed E-state index contributed by atoms with van der Waals surface area (Å²) in [4.78, 5) is 10.0. The predicted molar refractivity (Wildman–Crippen MR) is 47.6 cm³/mol. The number of carbonyl (C=O) groups is 1. The van der Waals surface area contributed by atoms with Crippen molar-refractivity contribution < 1.29 is 4.79 Å². The van der Waals surface area contributed by atoms with Gasteiger partial charge in [0, 0.05) is 12.5 Å². The lowest BCUT2D eigenvalue weighted by Gasteiger charge is -2.13. The molecule has 0 radical (unpaired) electrons. The third kappa shape index (κ3) is 7.53. The van der Waals surface area contributed by atoms with Crippen LogP contribution in [0.2, 0.25) is 0 Å². The molecule has 0 aromatic carbocycles. The summed E-state index contributed by atoms with van der Waals surface area (Å²) in [6.45, 7) is 7.45. The number of aldehydes is 1. The number of rotatable bonds is 6. The summed E-state index contributed by atoms with van der Waals surface area (Å²) in [7, 11) is 0. The van der Waals surface area contributed by atoms with Gasteiger partial charge in [0.15, 0.2) is 0 Å². The van der Waals surface area contributed by atoms with Gasteiger partial charge in [0.2, 0.25) is 0 Å². The first-order valence-electron chi connectivity index (χ1n) is 4.33. The predicted octanol–water partition coefficient (Wildman–Crippen LogP) is 1.60. The van der Waals surface area contributed by atoms with E-state index in [2.05, 4.69) is 26.1 Å². The summed E-state index contributed by atoms with van der Waals surface area (Å²) in [5, 5.41) is 3.34. The van der Waals surface area contributed by atoms with E-state index in [9.17, 15) is 4.79 Å². The van der Waals surface area contributed by atoms with Crippen LogP contribution in [-0.4, -0.2) is 18.9 Å². The zero-order valence-corrected chi connectivity index (χ0v) is 7.76. The smallest absolute Gasteiger partial charge is 0.120 e. The van der Waals surface area contributed by atoms with E-state index >= 15 is 0 Å². The molecule has 0 rings (SSSR count). The zero-order chi connectivity index (χ0) is 8.69. The highest BCUT2D eigenvalue weighted by Gasteiger charge is 2.01. The van der Waals surface area contributed by atoms with Crippen molar-refractivity contribution in [1.29, 1.82) is 0 Å². The number of hydrogen-bond donors (Lipinski definition) is 1. The molecule has 2 heteroatoms. The molecule has 1 atom stereocenters. The number of carbonyl (C=O) groups excluding carboxylic acids is 1. The molecule has 0 aromatic rings. The highest BCUT2D eigenvalue weighted by atomic mass is 16.1. The molecule has 0 fully saturated rings. The Morgan fingerprint density at radius 2 is 2.00 bits per heavy atom. The monoisotopic (exact) mass is 157 g/mol. The molecule has 1 N–H and O–H groups in total. The Labute approximate surface area is 69.4 Å². The van der Waals surface area contributed by atoms with Crippen LogP contribution in [-0.2, 0) is 4.79 Å². The first-order valence-corrected chi connectivity index (χ1v) is 4.33. The first-order chi connectivity index (χ1) is 5.16. The minimum Gasteiger partial charge on any atom is -0.314 e. The lowest BCUT2D eigenvalue weighted by atomic mass is 10.1. The molecule has 0 aliphatic heterocycles. The van der Waals surface area contributed by atoms with Crippen LogP contribution < -0.4 is 5.32 Å². The van der Waals surface area contributed by atoms with Crippen LogP contribution in [0.5, 0.6) is 0 Å². The minimum atomic E-state index is 0.550. The minimum absolute atomic E-state index is 0.550. The van der Waals surface area contributed by atoms with Gasteiger partial charge in [-0.1, -0.05) is 20.8 Å². The van der Waals surface area contributed by atoms with Gasteiger partial charge in [-0.15, -0.1) is 0 Å². The fourth-order valence-electron chi connectivity index (χ4n) is 0.892. The van der Waals surface area contributed by atoms with E-state index in [4.69, 9.17) is 0 Å². The van der Waals surface area contributed by atoms with Crippen LogP contribution in [0.1, 0.15) is 33.6 Å². The molecule has 0 saturated heterocycles. The highest BCUT2D eigenvalue weighted by molar-refractivity contribution is 5.49. The van der Waals surface area contributed by atoms with Crippen LogP contribution >= 0.6 is 0 Å². The van der Waals surface area contributed by atoms with Crippen molar-refractivity contribution in [3.8, 4) is 0 Å². The molecule has 0 amide bonds. The molecule has 0 aromatic heterocycles. The zero-order valence-electron chi connectivity index (χ0n) is 7.76. The second-order valence-electron chi connectivity index (χ2n) is 3.41. The number of nitrogens with one attached hydrogen (secondary N) is 1. The summed E-state index contributed by atoms with van der Waals surface area (Å²) in [6, 6.07) is 0.550. The molecule has 2 nitrogen and oxygen atoms in total. The van der Waals surface area contributed by atoms with E-state index in [0.29, 0.717) is 18.4 Å². The van der Waals surface area contributed by atoms with Crippen molar-refractivity contribution >= 4 is 6.29 Å². The Morgan fingerprint density at radius 1 is 1.36 bits per heavy atom. The summed E-state index contributed by atoms with van der Waals surface area (Å²) in [6.07, 6.45) is 2.69. The fraction of sp³-hybridized carbons (Fsp3) is 0.889. The maximum Gasteiger partial charge on any atom is 0.120 e.